The first-order valence-corrected chi connectivity index (χ1v) is 8.58. The third-order valence-corrected chi connectivity index (χ3v) is 4.64. The van der Waals surface area contributed by atoms with Gasteiger partial charge in [-0.2, -0.15) is 0 Å². The molecule has 3 aromatic heterocycles. The number of alkyl halides is 2. The van der Waals surface area contributed by atoms with Crippen molar-refractivity contribution >= 4 is 11.2 Å². The number of nitrogens with zero attached hydrogens (tertiary/aromatic N) is 4. The second-order valence-corrected chi connectivity index (χ2v) is 6.54. The third kappa shape index (κ3) is 3.39. The van der Waals surface area contributed by atoms with Crippen LogP contribution in [0, 0.1) is 11.6 Å². The van der Waals surface area contributed by atoms with Gasteiger partial charge in [-0.3, -0.25) is 14.1 Å². The summed E-state index contributed by atoms with van der Waals surface area (Å²) < 4.78 is 55.8. The summed E-state index contributed by atoms with van der Waals surface area (Å²) in [5.74, 6) is -1.52. The smallest absolute Gasteiger partial charge is 0.286 e. The van der Waals surface area contributed by atoms with Crippen LogP contribution in [0.25, 0.3) is 22.3 Å². The summed E-state index contributed by atoms with van der Waals surface area (Å²) in [6, 6.07) is 6.28. The van der Waals surface area contributed by atoms with E-state index in [1.54, 1.807) is 13.1 Å². The van der Waals surface area contributed by atoms with E-state index < -0.39 is 23.6 Å². The van der Waals surface area contributed by atoms with Crippen LogP contribution in [0.4, 0.5) is 17.6 Å². The van der Waals surface area contributed by atoms with Gasteiger partial charge >= 0.3 is 5.69 Å². The zero-order valence-electron chi connectivity index (χ0n) is 15.1. The summed E-state index contributed by atoms with van der Waals surface area (Å²) in [5, 5.41) is 0. The number of benzene rings is 1. The van der Waals surface area contributed by atoms with Crippen molar-refractivity contribution in [3.8, 4) is 11.1 Å². The monoisotopic (exact) mass is 402 g/mol. The maximum atomic E-state index is 13.6. The van der Waals surface area contributed by atoms with E-state index in [4.69, 9.17) is 0 Å². The van der Waals surface area contributed by atoms with Gasteiger partial charge in [0.05, 0.1) is 23.8 Å². The van der Waals surface area contributed by atoms with Crippen LogP contribution in [0.1, 0.15) is 17.6 Å². The Kier molecular flexibility index (Phi) is 4.65. The standard InChI is InChI=1S/C20H14F4N4O/c1-27-19-17(28(20(27)29)10-11-4-14(21)9-25-7-11)6-13(8-26-19)12-2-3-16(22)15(5-12)18(23)24/h2-9,18H,10H2,1H3. The van der Waals surface area contributed by atoms with Gasteiger partial charge in [-0.05, 0) is 35.4 Å². The molecule has 0 fully saturated rings. The Hall–Kier alpha value is -3.49. The molecule has 0 spiro atoms. The van der Waals surface area contributed by atoms with E-state index in [2.05, 4.69) is 9.97 Å². The summed E-state index contributed by atoms with van der Waals surface area (Å²) in [5.41, 5.74) is 0.982. The van der Waals surface area contributed by atoms with E-state index in [0.29, 0.717) is 27.9 Å². The summed E-state index contributed by atoms with van der Waals surface area (Å²) in [4.78, 5) is 20.7. The lowest BCUT2D eigenvalue weighted by atomic mass is 10.0. The van der Waals surface area contributed by atoms with Gasteiger partial charge in [0.25, 0.3) is 6.43 Å². The Morgan fingerprint density at radius 3 is 2.55 bits per heavy atom. The van der Waals surface area contributed by atoms with E-state index in [9.17, 15) is 22.4 Å². The number of hydrogen-bond donors (Lipinski definition) is 0. The number of hydrogen-bond acceptors (Lipinski definition) is 3. The topological polar surface area (TPSA) is 52.7 Å². The Balaban J connectivity index is 1.85. The van der Waals surface area contributed by atoms with Gasteiger partial charge in [0, 0.05) is 25.0 Å². The Morgan fingerprint density at radius 2 is 1.83 bits per heavy atom. The van der Waals surface area contributed by atoms with E-state index in [1.165, 1.54) is 33.7 Å². The van der Waals surface area contributed by atoms with Crippen molar-refractivity contribution in [3.05, 3.63) is 82.2 Å². The van der Waals surface area contributed by atoms with Crippen LogP contribution in [0.3, 0.4) is 0 Å². The van der Waals surface area contributed by atoms with E-state index in [0.717, 1.165) is 18.3 Å². The van der Waals surface area contributed by atoms with Gasteiger partial charge in [0.15, 0.2) is 5.65 Å². The van der Waals surface area contributed by atoms with Crippen LogP contribution < -0.4 is 5.69 Å². The highest BCUT2D eigenvalue weighted by Crippen LogP contribution is 2.29. The van der Waals surface area contributed by atoms with Crippen LogP contribution >= 0.6 is 0 Å². The van der Waals surface area contributed by atoms with E-state index in [-0.39, 0.29) is 12.2 Å². The highest BCUT2D eigenvalue weighted by Gasteiger charge is 2.17. The first kappa shape index (κ1) is 18.9. The first-order chi connectivity index (χ1) is 13.8. The fraction of sp³-hybridized carbons (Fsp3) is 0.150. The number of rotatable bonds is 4. The quantitative estimate of drug-likeness (QED) is 0.484. The number of fused-ring (bicyclic) bond motifs is 1. The average Bonchev–Trinajstić information content (AvgIpc) is 2.92. The second-order valence-electron chi connectivity index (χ2n) is 6.54. The molecule has 0 unspecified atom stereocenters. The molecule has 0 atom stereocenters. The molecule has 0 aliphatic rings. The van der Waals surface area contributed by atoms with Crippen molar-refractivity contribution in [1.82, 2.24) is 19.1 Å². The Morgan fingerprint density at radius 1 is 1.03 bits per heavy atom. The molecule has 0 radical (unpaired) electrons. The Bertz CT molecular complexity index is 1280. The number of pyridine rings is 2. The van der Waals surface area contributed by atoms with E-state index in [1.807, 2.05) is 0 Å². The molecular weight excluding hydrogens is 388 g/mol. The molecule has 29 heavy (non-hydrogen) atoms. The molecule has 0 saturated carbocycles. The molecule has 0 aliphatic carbocycles. The van der Waals surface area contributed by atoms with Crippen molar-refractivity contribution in [1.29, 1.82) is 0 Å². The minimum Gasteiger partial charge on any atom is -0.286 e. The van der Waals surface area contributed by atoms with Crippen LogP contribution in [0.5, 0.6) is 0 Å². The molecule has 9 heteroatoms. The molecule has 4 aromatic rings. The van der Waals surface area contributed by atoms with Gasteiger partial charge in [0.2, 0.25) is 0 Å². The molecular formula is C20H14F4N4O. The normalized spacial score (nSPS) is 11.5. The van der Waals surface area contributed by atoms with Gasteiger partial charge in [-0.25, -0.2) is 27.3 Å². The molecule has 3 heterocycles. The maximum absolute atomic E-state index is 13.6. The summed E-state index contributed by atoms with van der Waals surface area (Å²) >= 11 is 0. The number of halogens is 4. The third-order valence-electron chi connectivity index (χ3n) is 4.64. The van der Waals surface area contributed by atoms with Gasteiger partial charge in [-0.1, -0.05) is 6.07 Å². The largest absolute Gasteiger partial charge is 0.330 e. The van der Waals surface area contributed by atoms with Crippen molar-refractivity contribution < 1.29 is 17.6 Å². The van der Waals surface area contributed by atoms with E-state index >= 15 is 0 Å². The fourth-order valence-corrected chi connectivity index (χ4v) is 3.20. The zero-order valence-corrected chi connectivity index (χ0v) is 15.1. The van der Waals surface area contributed by atoms with Crippen LogP contribution in [0.2, 0.25) is 0 Å². The van der Waals surface area contributed by atoms with Gasteiger partial charge in [-0.15, -0.1) is 0 Å². The maximum Gasteiger partial charge on any atom is 0.330 e. The lowest BCUT2D eigenvalue weighted by Gasteiger charge is -2.08. The molecule has 1 aromatic carbocycles. The molecule has 0 N–H and O–H groups in total. The highest BCUT2D eigenvalue weighted by molar-refractivity contribution is 5.79. The Labute approximate surface area is 161 Å². The SMILES string of the molecule is Cn1c(=O)n(Cc2cncc(F)c2)c2cc(-c3ccc(F)c(C(F)F)c3)cnc21. The molecule has 0 amide bonds. The van der Waals surface area contributed by atoms with Crippen molar-refractivity contribution in [2.75, 3.05) is 0 Å². The zero-order chi connectivity index (χ0) is 20.7. The lowest BCUT2D eigenvalue weighted by Crippen LogP contribution is -2.22. The summed E-state index contributed by atoms with van der Waals surface area (Å²) in [6.07, 6.45) is 0.977. The van der Waals surface area contributed by atoms with Crippen LogP contribution in [-0.2, 0) is 13.6 Å². The van der Waals surface area contributed by atoms with Crippen LogP contribution in [-0.4, -0.2) is 19.1 Å². The van der Waals surface area contributed by atoms with Crippen LogP contribution in [0.15, 0.2) is 53.7 Å². The summed E-state index contributed by atoms with van der Waals surface area (Å²) in [7, 11) is 1.55. The molecule has 4 rings (SSSR count). The summed E-state index contributed by atoms with van der Waals surface area (Å²) in [6.45, 7) is 0.0533. The molecule has 0 saturated heterocycles. The first-order valence-electron chi connectivity index (χ1n) is 8.58. The second kappa shape index (κ2) is 7.16. The van der Waals surface area contributed by atoms with Crippen molar-refractivity contribution in [3.63, 3.8) is 0 Å². The predicted molar refractivity (Wildman–Crippen MR) is 98.6 cm³/mol. The van der Waals surface area contributed by atoms with Crippen molar-refractivity contribution in [2.24, 2.45) is 7.05 Å². The average molecular weight is 402 g/mol. The molecule has 5 nitrogen and oxygen atoms in total. The lowest BCUT2D eigenvalue weighted by molar-refractivity contribution is 0.146. The fourth-order valence-electron chi connectivity index (χ4n) is 3.20. The minimum atomic E-state index is -2.96. The highest BCUT2D eigenvalue weighted by atomic mass is 19.3. The molecule has 0 aliphatic heterocycles. The van der Waals surface area contributed by atoms with Gasteiger partial charge < -0.3 is 0 Å². The number of imidazole rings is 1. The minimum absolute atomic E-state index is 0.0533. The predicted octanol–water partition coefficient (Wildman–Crippen LogP) is 4.06. The molecule has 148 valence electrons. The van der Waals surface area contributed by atoms with Gasteiger partial charge in [0.1, 0.15) is 11.6 Å². The van der Waals surface area contributed by atoms with Crippen molar-refractivity contribution in [2.45, 2.75) is 13.0 Å². The number of aromatic nitrogens is 4. The number of aryl methyl sites for hydroxylation is 1. The molecule has 0 bridgehead atoms.